The minimum absolute atomic E-state index is 0. The van der Waals surface area contributed by atoms with Gasteiger partial charge < -0.3 is 73.1 Å². The number of fused-ring (bicyclic) bond motifs is 4. The number of nitrogens with two attached hydrogens (primary N) is 1. The Balaban J connectivity index is 0.000000339. The molecular weight excluding hydrogens is 1820 g/mol. The average Bonchev–Trinajstić information content (AvgIpc) is 1.65. The van der Waals surface area contributed by atoms with Crippen molar-refractivity contribution >= 4 is 168 Å². The van der Waals surface area contributed by atoms with Crippen LogP contribution >= 0.6 is 34.8 Å². The molecule has 0 saturated heterocycles. The molecule has 137 heavy (non-hydrogen) atoms. The molecule has 0 atom stereocenters. The number of ketones is 1. The van der Waals surface area contributed by atoms with Crippen LogP contribution in [0.5, 0.6) is 0 Å². The van der Waals surface area contributed by atoms with E-state index in [0.29, 0.717) is 56.8 Å². The van der Waals surface area contributed by atoms with Crippen LogP contribution in [-0.2, 0) is 52.8 Å². The summed E-state index contributed by atoms with van der Waals surface area (Å²) in [5.74, 6) is 1.21. The van der Waals surface area contributed by atoms with E-state index in [2.05, 4.69) is 87.9 Å². The molecule has 11 N–H and O–H groups in total. The fourth-order valence-corrected chi connectivity index (χ4v) is 15.0. The van der Waals surface area contributed by atoms with E-state index < -0.39 is 38.0 Å². The van der Waals surface area contributed by atoms with Crippen molar-refractivity contribution in [3.63, 3.8) is 0 Å². The van der Waals surface area contributed by atoms with E-state index in [-0.39, 0.29) is 86.9 Å². The number of Topliss-reactive ketones (excluding diaryl/α,β-unsaturated/α-hetero) is 1. The van der Waals surface area contributed by atoms with E-state index in [1.54, 1.807) is 89.8 Å². The SMILES string of the molecule is C.CC(C)(C)[Si](C)(C)OCCNc1ccccc1.CCCN(C(=O)CCl)c1ccccc1.CCCN(C(=O)Cn1cc(C(=O)NO)c2ccccc21)c1ccccc1.CCCN(C(=O)Cn1cc(C(=O)OC)c2ccccc21)c1ccccc1.CCN(CC)CC.NO.O=C(CO)c1c[nH]c2ccccc12.O=C(Cl)CCl.O=C(NO)c1cn(CC(=O)N(CCO)c2ccccc2)c2ccccc12. The van der Waals surface area contributed by atoms with Gasteiger partial charge in [0.2, 0.25) is 28.9 Å². The molecule has 0 saturated carbocycles. The number of hydrogen-bond donors (Lipinski definition) is 10. The van der Waals surface area contributed by atoms with Crippen LogP contribution in [0.25, 0.3) is 43.6 Å². The van der Waals surface area contributed by atoms with Crippen molar-refractivity contribution in [3.05, 3.63) is 296 Å². The number of para-hydroxylation sites is 9. The summed E-state index contributed by atoms with van der Waals surface area (Å²) in [6.07, 6.45) is 9.09. The minimum atomic E-state index is -1.58. The van der Waals surface area contributed by atoms with Crippen molar-refractivity contribution in [1.82, 2.24) is 34.5 Å². The molecule has 6 amide bonds. The van der Waals surface area contributed by atoms with E-state index in [1.165, 1.54) is 37.8 Å². The molecule has 0 unspecified atom stereocenters. The van der Waals surface area contributed by atoms with Crippen molar-refractivity contribution in [2.24, 2.45) is 5.90 Å². The molecule has 0 spiro atoms. The Labute approximate surface area is 819 Å². The number of methoxy groups -OCH3 is 1. The second-order valence-corrected chi connectivity index (χ2v) is 37.4. The lowest BCUT2D eigenvalue weighted by Gasteiger charge is -2.36. The zero-order valence-corrected chi connectivity index (χ0v) is 82.7. The van der Waals surface area contributed by atoms with Crippen LogP contribution < -0.4 is 41.8 Å². The third-order valence-corrected chi connectivity index (χ3v) is 26.9. The third-order valence-electron chi connectivity index (χ3n) is 21.6. The topological polar surface area (TPSA) is 382 Å². The Kier molecular flexibility index (Phi) is 53.5. The van der Waals surface area contributed by atoms with Gasteiger partial charge in [0.1, 0.15) is 32.1 Å². The molecule has 0 aliphatic carbocycles. The molecule has 9 aromatic carbocycles. The summed E-state index contributed by atoms with van der Waals surface area (Å²) in [5, 5.41) is 48.5. The maximum absolute atomic E-state index is 13.0. The summed E-state index contributed by atoms with van der Waals surface area (Å²) in [6.45, 7) is 31.1. The maximum atomic E-state index is 13.0. The van der Waals surface area contributed by atoms with E-state index >= 15 is 0 Å². The van der Waals surface area contributed by atoms with Gasteiger partial charge in [-0.05, 0) is 154 Å². The number of carbonyl (C=O) groups excluding carboxylic acids is 9. The highest BCUT2D eigenvalue weighted by Gasteiger charge is 2.37. The zero-order valence-electron chi connectivity index (χ0n) is 79.4. The van der Waals surface area contributed by atoms with Crippen LogP contribution in [0, 0.1) is 0 Å². The first kappa shape index (κ1) is 117. The monoisotopic (exact) mass is 1950 g/mol. The van der Waals surface area contributed by atoms with Gasteiger partial charge >= 0.3 is 5.97 Å². The number of alkyl halides is 2. The quantitative estimate of drug-likeness (QED) is 0.00267. The number of anilines is 5. The Hall–Kier alpha value is -12.7. The molecular formula is C104H134Cl3N13O16Si. The number of nitrogens with one attached hydrogen (secondary N) is 4. The molecule has 29 nitrogen and oxygen atoms in total. The highest BCUT2D eigenvalue weighted by molar-refractivity contribution is 6.74. The third kappa shape index (κ3) is 36.4. The number of aromatic nitrogens is 4. The molecule has 0 aliphatic heterocycles. The summed E-state index contributed by atoms with van der Waals surface area (Å²) >= 11 is 15.1. The number of H-pyrrole nitrogens is 1. The van der Waals surface area contributed by atoms with Crippen molar-refractivity contribution in [1.29, 1.82) is 0 Å². The van der Waals surface area contributed by atoms with Gasteiger partial charge in [0.05, 0.1) is 42.9 Å². The van der Waals surface area contributed by atoms with E-state index in [4.69, 9.17) is 64.7 Å². The van der Waals surface area contributed by atoms with Crippen LogP contribution in [0.15, 0.2) is 274 Å². The van der Waals surface area contributed by atoms with E-state index in [1.807, 2.05) is 226 Å². The Morgan fingerprint density at radius 3 is 1.08 bits per heavy atom. The molecule has 13 rings (SSSR count). The lowest BCUT2D eigenvalue weighted by molar-refractivity contribution is -0.120. The summed E-state index contributed by atoms with van der Waals surface area (Å²) in [5.41, 5.74) is 12.6. The first-order chi connectivity index (χ1) is 65.5. The number of hydrogen-bond acceptors (Lipinski definition) is 19. The van der Waals surface area contributed by atoms with Crippen molar-refractivity contribution < 1.29 is 78.1 Å². The Morgan fingerprint density at radius 1 is 0.445 bits per heavy atom. The van der Waals surface area contributed by atoms with Gasteiger partial charge in [-0.1, -0.05) is 234 Å². The van der Waals surface area contributed by atoms with Gasteiger partial charge in [-0.15, -0.1) is 23.2 Å². The molecule has 0 aliphatic rings. The number of amides is 6. The molecule has 0 radical (unpaired) electrons. The zero-order chi connectivity index (χ0) is 100. The van der Waals surface area contributed by atoms with Crippen LogP contribution in [-0.4, -0.2) is 201 Å². The van der Waals surface area contributed by atoms with Crippen molar-refractivity contribution in [2.75, 3.05) is 116 Å². The number of ether oxygens (including phenoxy) is 1. The normalized spacial score (nSPS) is 10.5. The number of aliphatic hydroxyl groups is 2. The number of halogens is 3. The first-order valence-electron chi connectivity index (χ1n) is 44.7. The van der Waals surface area contributed by atoms with Gasteiger partial charge in [0.15, 0.2) is 14.1 Å². The molecule has 4 aromatic heterocycles. The number of aromatic amines is 1. The van der Waals surface area contributed by atoms with E-state index in [9.17, 15) is 48.3 Å². The smallest absolute Gasteiger partial charge is 0.340 e. The fraction of sp³-hybridized carbons (Fsp3) is 0.317. The van der Waals surface area contributed by atoms with Gasteiger partial charge in [-0.25, -0.2) is 21.7 Å². The predicted octanol–water partition coefficient (Wildman–Crippen LogP) is 19.3. The van der Waals surface area contributed by atoms with Crippen LogP contribution in [0.4, 0.5) is 28.4 Å². The largest absolute Gasteiger partial charge is 0.465 e. The highest BCUT2D eigenvalue weighted by atomic mass is 35.5. The number of esters is 1. The molecule has 0 bridgehead atoms. The van der Waals surface area contributed by atoms with Crippen LogP contribution in [0.1, 0.15) is 130 Å². The van der Waals surface area contributed by atoms with Crippen LogP contribution in [0.3, 0.4) is 0 Å². The van der Waals surface area contributed by atoms with Gasteiger partial charge in [0.25, 0.3) is 11.8 Å². The second kappa shape index (κ2) is 62.9. The highest BCUT2D eigenvalue weighted by Crippen LogP contribution is 2.37. The van der Waals surface area contributed by atoms with Crippen molar-refractivity contribution in [2.45, 2.75) is 127 Å². The minimum Gasteiger partial charge on any atom is -0.465 e. The number of rotatable bonds is 33. The lowest BCUT2D eigenvalue weighted by atomic mass is 10.1. The first-order valence-corrected chi connectivity index (χ1v) is 49.0. The number of aliphatic hydroxyl groups excluding tert-OH is 2. The average molecular weight is 1960 g/mol. The fourth-order valence-electron chi connectivity index (χ4n) is 13.8. The van der Waals surface area contributed by atoms with Gasteiger partial charge in [0, 0.05) is 135 Å². The summed E-state index contributed by atoms with van der Waals surface area (Å²) < 4.78 is 16.2. The maximum Gasteiger partial charge on any atom is 0.340 e. The van der Waals surface area contributed by atoms with Crippen LogP contribution in [0.2, 0.25) is 18.1 Å². The Morgan fingerprint density at radius 2 is 0.766 bits per heavy atom. The van der Waals surface area contributed by atoms with Gasteiger partial charge in [-0.2, -0.15) is 0 Å². The number of hydroxylamine groups is 2. The number of nitrogens with zero attached hydrogens (tertiary/aromatic N) is 8. The summed E-state index contributed by atoms with van der Waals surface area (Å²) in [7, 11) is -0.224. The van der Waals surface area contributed by atoms with Gasteiger partial charge in [-0.3, -0.25) is 48.8 Å². The molecule has 4 heterocycles. The lowest BCUT2D eigenvalue weighted by Crippen LogP contribution is -2.41. The number of carbonyl (C=O) groups is 9. The summed E-state index contributed by atoms with van der Waals surface area (Å²) in [4.78, 5) is 119. The molecule has 13 aromatic rings. The Bertz CT molecular complexity index is 5410. The van der Waals surface area contributed by atoms with Crippen molar-refractivity contribution in [3.8, 4) is 0 Å². The summed E-state index contributed by atoms with van der Waals surface area (Å²) in [6, 6.07) is 77.6. The standard InChI is InChI=1S/C21H22N2O3.C20H21N3O3.C19H19N3O4.C14H25NOSi.C11H14ClNO.C10H9NO2.C6H15N.C2H2Cl2O.CH4.H3NO/c1-3-13-23(16-9-5-4-6-10-16)20(24)15-22-14-18(21(25)26-2)17-11-7-8-12-19(17)22;1-2-12-23(15-8-4-3-5-9-15)19(24)14-22-13-17(20(25)21-26)16-10-6-7-11-18(16)22;23-11-10-22(14-6-2-1-3-7-14)18(24)13-21-12-16(19(25)20-26)15-8-4-5-9-17(15)21;1-14(2,3)17(4,5)16-12-11-15-13-9-7-6-8-10-13;1-2-8-13(11(14)9-12)10-6-4-3-5-7-10;12-6-10(13)8-5-11-9-4-2-1-3-7(8)9;1-4-7(5-2)6-3;3-1-2(4)5;;1-2/h4-12,14H,3,13,15H2,1-2H3;3-11,13,26H,2,12,14H2,1H3,(H,21,25);1-9,12,23,26H,10-11,13H2,(H,20,25);6-10,15H,11-12H2,1-5H3;3-7H,2,8-9H2,1H3;1-5,11-12H,6H2;4-6H2,1-3H3;1H2;1H4;2H,1H2. The molecule has 0 fully saturated rings. The predicted molar refractivity (Wildman–Crippen MR) is 555 cm³/mol. The number of benzene rings is 9. The van der Waals surface area contributed by atoms with E-state index in [0.717, 1.165) is 89.0 Å². The molecule has 33 heteroatoms. The second-order valence-electron chi connectivity index (χ2n) is 31.7. The molecule has 736 valence electrons.